The molecule has 0 unspecified atom stereocenters. The summed E-state index contributed by atoms with van der Waals surface area (Å²) < 4.78 is 32.7. The Bertz CT molecular complexity index is 104. The molecule has 58 valence electrons. The first-order chi connectivity index (χ1) is 4.50. The average Bonchev–Trinajstić information content (AvgIpc) is 1.62. The van der Waals surface area contributed by atoms with E-state index in [1.807, 2.05) is 0 Å². The summed E-state index contributed by atoms with van der Waals surface area (Å²) in [4.78, 5) is 9.31. The lowest BCUT2D eigenvalue weighted by atomic mass is 10.5. The number of carboxylic acid groups (broad SMARTS) is 1. The van der Waals surface area contributed by atoms with Crippen molar-refractivity contribution in [2.45, 2.75) is 0 Å². The maximum absolute atomic E-state index is 9.67. The van der Waals surface area contributed by atoms with Gasteiger partial charge < -0.3 is 9.84 Å². The maximum atomic E-state index is 9.67. The fourth-order valence-corrected chi connectivity index (χ4v) is 0.0713. The second-order valence-corrected chi connectivity index (χ2v) is 0.798. The highest BCUT2D eigenvalue weighted by Gasteiger charge is 2.06. The minimum Gasteiger partial charge on any atom is -0.449 e. The Balaban J connectivity index is 0. The van der Waals surface area contributed by atoms with Crippen molar-refractivity contribution in [1.82, 2.24) is 0 Å². The van der Waals surface area contributed by atoms with E-state index in [0.29, 0.717) is 0 Å². The van der Waals surface area contributed by atoms with E-state index in [1.165, 1.54) is 0 Å². The fourth-order valence-electron chi connectivity index (χ4n) is 0.0713. The predicted octanol–water partition coefficient (Wildman–Crippen LogP) is 1.70. The molecule has 0 aromatic carbocycles. The molecule has 0 atom stereocenters. The third-order valence-corrected chi connectivity index (χ3v) is 0.184. The lowest BCUT2D eigenvalue weighted by molar-refractivity contribution is 0.128. The summed E-state index contributed by atoms with van der Waals surface area (Å²) in [6.07, 6.45) is -0.479. The van der Waals surface area contributed by atoms with Crippen molar-refractivity contribution in [2.75, 3.05) is 0 Å². The van der Waals surface area contributed by atoms with Crippen LogP contribution in [0.2, 0.25) is 0 Å². The van der Waals surface area contributed by atoms with Crippen LogP contribution in [0.4, 0.5) is 17.7 Å². The van der Waals surface area contributed by atoms with Crippen LogP contribution in [0.5, 0.6) is 0 Å². The Labute approximate surface area is 55.3 Å². The van der Waals surface area contributed by atoms with Crippen LogP contribution in [0, 0.1) is 0 Å². The van der Waals surface area contributed by atoms with Gasteiger partial charge >= 0.3 is 13.7 Å². The highest BCUT2D eigenvalue weighted by molar-refractivity contribution is 6.33. The second-order valence-electron chi connectivity index (χ2n) is 0.798. The molecule has 7 heteroatoms. The monoisotopic (exact) mass is 156 g/mol. The molecule has 0 aromatic heterocycles. The van der Waals surface area contributed by atoms with Crippen molar-refractivity contribution in [3.05, 3.63) is 12.8 Å². The summed E-state index contributed by atoms with van der Waals surface area (Å²) in [5.74, 6) is 0. The van der Waals surface area contributed by atoms with Gasteiger partial charge in [-0.25, -0.2) is 4.79 Å². The molecule has 3 nitrogen and oxygen atoms in total. The Morgan fingerprint density at radius 1 is 1.60 bits per heavy atom. The SMILES string of the molecule is C=COC(=O)O.FB(F)F. The smallest absolute Gasteiger partial charge is 0.449 e. The first-order valence-corrected chi connectivity index (χ1v) is 1.93. The molecule has 0 bridgehead atoms. The molecule has 0 aliphatic heterocycles. The fraction of sp³-hybridized carbons (Fsp3) is 0. The largest absolute Gasteiger partial charge is 0.762 e. The summed E-state index contributed by atoms with van der Waals surface area (Å²) in [5, 5.41) is 7.62. The molecule has 0 aliphatic carbocycles. The van der Waals surface area contributed by atoms with E-state index >= 15 is 0 Å². The van der Waals surface area contributed by atoms with E-state index in [9.17, 15) is 17.7 Å². The van der Waals surface area contributed by atoms with E-state index in [1.54, 1.807) is 0 Å². The van der Waals surface area contributed by atoms with Gasteiger partial charge in [-0.05, 0) is 0 Å². The van der Waals surface area contributed by atoms with Gasteiger partial charge in [0.05, 0.1) is 6.26 Å². The topological polar surface area (TPSA) is 46.5 Å². The van der Waals surface area contributed by atoms with Crippen LogP contribution in [0.1, 0.15) is 0 Å². The van der Waals surface area contributed by atoms with Crippen LogP contribution in [0.25, 0.3) is 0 Å². The van der Waals surface area contributed by atoms with E-state index in [2.05, 4.69) is 11.3 Å². The molecule has 0 saturated heterocycles. The summed E-state index contributed by atoms with van der Waals surface area (Å²) in [6, 6.07) is 0. The normalized spacial score (nSPS) is 6.70. The van der Waals surface area contributed by atoms with Crippen molar-refractivity contribution in [3.63, 3.8) is 0 Å². The van der Waals surface area contributed by atoms with Crippen molar-refractivity contribution in [1.29, 1.82) is 0 Å². The summed E-state index contributed by atoms with van der Waals surface area (Å²) in [5.41, 5.74) is 0. The van der Waals surface area contributed by atoms with Crippen molar-refractivity contribution in [3.8, 4) is 0 Å². The van der Waals surface area contributed by atoms with Crippen LogP contribution in [-0.2, 0) is 4.74 Å². The number of carbonyl (C=O) groups is 1. The highest BCUT2D eigenvalue weighted by atomic mass is 19.4. The lowest BCUT2D eigenvalue weighted by Gasteiger charge is -1.81. The third-order valence-electron chi connectivity index (χ3n) is 0.184. The molecule has 0 spiro atoms. The predicted molar refractivity (Wildman–Crippen MR) is 28.4 cm³/mol. The first-order valence-electron chi connectivity index (χ1n) is 1.93. The van der Waals surface area contributed by atoms with Crippen molar-refractivity contribution < 1.29 is 27.6 Å². The van der Waals surface area contributed by atoms with Gasteiger partial charge in [0.1, 0.15) is 0 Å². The summed E-state index contributed by atoms with van der Waals surface area (Å²) >= 11 is 0. The number of hydrogen-bond acceptors (Lipinski definition) is 2. The standard InChI is InChI=1S/C3H4O3.BF3/c1-2-6-3(4)5;2-1(3)4/h2H,1H2,(H,4,5);. The molecule has 0 amide bonds. The molecular weight excluding hydrogens is 152 g/mol. The molecule has 0 aromatic rings. The van der Waals surface area contributed by atoms with E-state index in [4.69, 9.17) is 5.11 Å². The number of hydrogen-bond donors (Lipinski definition) is 1. The van der Waals surface area contributed by atoms with E-state index in [-0.39, 0.29) is 0 Å². The van der Waals surface area contributed by atoms with Gasteiger partial charge in [0.25, 0.3) is 0 Å². The Morgan fingerprint density at radius 2 is 1.90 bits per heavy atom. The van der Waals surface area contributed by atoms with Crippen LogP contribution < -0.4 is 0 Å². The minimum absolute atomic E-state index is 0.850. The zero-order chi connectivity index (χ0) is 8.57. The first kappa shape index (κ1) is 11.6. The Kier molecular flexibility index (Phi) is 9.15. The zero-order valence-electron chi connectivity index (χ0n) is 4.76. The quantitative estimate of drug-likeness (QED) is 0.357. The average molecular weight is 156 g/mol. The molecule has 0 saturated carbocycles. The van der Waals surface area contributed by atoms with Crippen LogP contribution >= 0.6 is 0 Å². The minimum atomic E-state index is -3.67. The van der Waals surface area contributed by atoms with Gasteiger partial charge in [-0.2, -0.15) is 0 Å². The van der Waals surface area contributed by atoms with Gasteiger partial charge in [-0.15, -0.1) is 0 Å². The zero-order valence-corrected chi connectivity index (χ0v) is 4.76. The molecule has 0 heterocycles. The molecule has 1 N–H and O–H groups in total. The highest BCUT2D eigenvalue weighted by Crippen LogP contribution is 1.80. The van der Waals surface area contributed by atoms with Crippen molar-refractivity contribution in [2.24, 2.45) is 0 Å². The number of rotatable bonds is 1. The molecule has 0 aliphatic rings. The molecular formula is C3H4BF3O3. The molecule has 0 fully saturated rings. The summed E-state index contributed by atoms with van der Waals surface area (Å²) in [7, 11) is -3.67. The Hall–Kier alpha value is -1.14. The molecule has 0 radical (unpaired) electrons. The number of ether oxygens (including phenoxy) is 1. The van der Waals surface area contributed by atoms with Gasteiger partial charge in [0, 0.05) is 0 Å². The van der Waals surface area contributed by atoms with Crippen LogP contribution in [0.3, 0.4) is 0 Å². The molecule has 0 rings (SSSR count). The van der Waals surface area contributed by atoms with Crippen LogP contribution in [0.15, 0.2) is 12.8 Å². The van der Waals surface area contributed by atoms with E-state index in [0.717, 1.165) is 6.26 Å². The van der Waals surface area contributed by atoms with Gasteiger partial charge in [0.2, 0.25) is 0 Å². The molecule has 10 heavy (non-hydrogen) atoms. The van der Waals surface area contributed by atoms with Gasteiger partial charge in [-0.3, -0.25) is 12.9 Å². The van der Waals surface area contributed by atoms with Crippen LogP contribution in [-0.4, -0.2) is 18.8 Å². The Morgan fingerprint density at radius 3 is 1.90 bits per heavy atom. The van der Waals surface area contributed by atoms with E-state index < -0.39 is 13.7 Å². The maximum Gasteiger partial charge on any atom is 0.762 e. The third kappa shape index (κ3) is 67.9. The second kappa shape index (κ2) is 7.86. The van der Waals surface area contributed by atoms with Crippen molar-refractivity contribution >= 4 is 13.7 Å². The van der Waals surface area contributed by atoms with Gasteiger partial charge in [0.15, 0.2) is 0 Å². The number of halogens is 3. The lowest BCUT2D eigenvalue weighted by Crippen LogP contribution is -1.89. The summed E-state index contributed by atoms with van der Waals surface area (Å²) in [6.45, 7) is 3.00. The van der Waals surface area contributed by atoms with Gasteiger partial charge in [-0.1, -0.05) is 6.58 Å².